The lowest BCUT2D eigenvalue weighted by molar-refractivity contribution is 0.197. The van der Waals surface area contributed by atoms with Gasteiger partial charge in [-0.15, -0.1) is 0 Å². The topological polar surface area (TPSA) is 33.4 Å². The van der Waals surface area contributed by atoms with Crippen LogP contribution in [0.4, 0.5) is 0 Å². The molecule has 1 aliphatic heterocycles. The number of nitrogens with zero attached hydrogens (tertiary/aromatic N) is 4. The number of rotatable bonds is 3. The van der Waals surface area contributed by atoms with Crippen LogP contribution in [0.1, 0.15) is 35.7 Å². The average molecular weight is 341 g/mol. The van der Waals surface area contributed by atoms with Crippen LogP contribution < -0.4 is 0 Å². The molecule has 24 heavy (non-hydrogen) atoms. The maximum atomic E-state index is 5.99. The van der Waals surface area contributed by atoms with E-state index in [1.807, 2.05) is 35.8 Å². The zero-order valence-electron chi connectivity index (χ0n) is 13.8. The fourth-order valence-electron chi connectivity index (χ4n) is 3.63. The van der Waals surface area contributed by atoms with Crippen LogP contribution in [0.15, 0.2) is 42.6 Å². The molecule has 0 radical (unpaired) electrons. The van der Waals surface area contributed by atoms with E-state index in [1.165, 1.54) is 24.1 Å². The van der Waals surface area contributed by atoms with E-state index < -0.39 is 0 Å². The van der Waals surface area contributed by atoms with Crippen molar-refractivity contribution in [3.63, 3.8) is 0 Å². The molecule has 1 fully saturated rings. The van der Waals surface area contributed by atoms with Gasteiger partial charge in [-0.05, 0) is 50.1 Å². The second-order valence-corrected chi connectivity index (χ2v) is 7.06. The van der Waals surface area contributed by atoms with Crippen molar-refractivity contribution in [3.05, 3.63) is 64.6 Å². The molecule has 1 unspecified atom stereocenters. The van der Waals surface area contributed by atoms with Crippen LogP contribution in [0.25, 0.3) is 5.65 Å². The first-order valence-corrected chi connectivity index (χ1v) is 8.85. The molecule has 0 bridgehead atoms. The summed E-state index contributed by atoms with van der Waals surface area (Å²) in [6, 6.07) is 12.3. The maximum Gasteiger partial charge on any atom is 0.155 e. The molecule has 3 aromatic rings. The Morgan fingerprint density at radius 1 is 1.21 bits per heavy atom. The van der Waals surface area contributed by atoms with E-state index in [-0.39, 0.29) is 0 Å². The molecule has 1 aromatic carbocycles. The molecule has 4 rings (SSSR count). The zero-order chi connectivity index (χ0) is 16.5. The van der Waals surface area contributed by atoms with Crippen molar-refractivity contribution in [3.8, 4) is 0 Å². The Labute approximate surface area is 147 Å². The predicted octanol–water partition coefficient (Wildman–Crippen LogP) is 4.07. The third kappa shape index (κ3) is 3.17. The van der Waals surface area contributed by atoms with E-state index in [0.717, 1.165) is 36.0 Å². The lowest BCUT2D eigenvalue weighted by Crippen LogP contribution is -2.34. The van der Waals surface area contributed by atoms with Gasteiger partial charge >= 0.3 is 0 Å². The van der Waals surface area contributed by atoms with E-state index in [1.54, 1.807) is 0 Å². The number of hydrogen-bond acceptors (Lipinski definition) is 3. The molecule has 0 N–H and O–H groups in total. The first-order valence-electron chi connectivity index (χ1n) is 8.47. The Hall–Kier alpha value is -1.91. The molecule has 3 heterocycles. The highest BCUT2D eigenvalue weighted by Crippen LogP contribution is 2.28. The minimum Gasteiger partial charge on any atom is -0.298 e. The van der Waals surface area contributed by atoms with Crippen molar-refractivity contribution >= 4 is 17.2 Å². The Balaban J connectivity index is 1.54. The maximum absolute atomic E-state index is 5.99. The predicted molar refractivity (Wildman–Crippen MR) is 96.4 cm³/mol. The van der Waals surface area contributed by atoms with Gasteiger partial charge in [0.1, 0.15) is 0 Å². The van der Waals surface area contributed by atoms with E-state index in [2.05, 4.69) is 33.2 Å². The van der Waals surface area contributed by atoms with Gasteiger partial charge in [0.05, 0.1) is 11.4 Å². The van der Waals surface area contributed by atoms with Crippen LogP contribution in [0.2, 0.25) is 5.02 Å². The molecule has 2 aromatic heterocycles. The van der Waals surface area contributed by atoms with Crippen molar-refractivity contribution in [1.82, 2.24) is 19.5 Å². The van der Waals surface area contributed by atoms with Crippen molar-refractivity contribution in [2.75, 3.05) is 13.1 Å². The van der Waals surface area contributed by atoms with Crippen LogP contribution in [0.5, 0.6) is 0 Å². The van der Waals surface area contributed by atoms with Gasteiger partial charge in [0.15, 0.2) is 5.65 Å². The quantitative estimate of drug-likeness (QED) is 0.720. The van der Waals surface area contributed by atoms with Gasteiger partial charge in [0.25, 0.3) is 0 Å². The molecule has 0 saturated carbocycles. The van der Waals surface area contributed by atoms with Crippen molar-refractivity contribution in [1.29, 1.82) is 0 Å². The summed E-state index contributed by atoms with van der Waals surface area (Å²) in [5.41, 5.74) is 4.55. The first-order chi connectivity index (χ1) is 11.7. The summed E-state index contributed by atoms with van der Waals surface area (Å²) in [7, 11) is 0. The van der Waals surface area contributed by atoms with Crippen molar-refractivity contribution < 1.29 is 0 Å². The number of aryl methyl sites for hydroxylation is 1. The van der Waals surface area contributed by atoms with Crippen molar-refractivity contribution in [2.45, 2.75) is 32.2 Å². The summed E-state index contributed by atoms with van der Waals surface area (Å²) in [5.74, 6) is 0.496. The normalized spacial score (nSPS) is 19.0. The van der Waals surface area contributed by atoms with Gasteiger partial charge < -0.3 is 0 Å². The Morgan fingerprint density at radius 3 is 2.88 bits per heavy atom. The Kier molecular flexibility index (Phi) is 4.25. The molecule has 124 valence electrons. The minimum absolute atomic E-state index is 0.496. The SMILES string of the molecule is Cc1cc2nccc(C3CCCN(Cc4ccc(Cl)cc4)C3)n2n1. The molecule has 0 amide bonds. The molecule has 0 spiro atoms. The Bertz CT molecular complexity index is 840. The number of benzene rings is 1. The highest BCUT2D eigenvalue weighted by Gasteiger charge is 2.23. The first kappa shape index (κ1) is 15.6. The number of hydrogen-bond donors (Lipinski definition) is 0. The molecule has 1 atom stereocenters. The van der Waals surface area contributed by atoms with E-state index in [0.29, 0.717) is 5.92 Å². The van der Waals surface area contributed by atoms with Crippen LogP contribution in [-0.4, -0.2) is 32.6 Å². The fraction of sp³-hybridized carbons (Fsp3) is 0.368. The van der Waals surface area contributed by atoms with E-state index in [4.69, 9.17) is 11.6 Å². The minimum atomic E-state index is 0.496. The van der Waals surface area contributed by atoms with Gasteiger partial charge in [-0.3, -0.25) is 4.90 Å². The highest BCUT2D eigenvalue weighted by atomic mass is 35.5. The zero-order valence-corrected chi connectivity index (χ0v) is 14.6. The molecule has 1 aliphatic rings. The molecule has 0 aliphatic carbocycles. The van der Waals surface area contributed by atoms with Crippen LogP contribution in [0, 0.1) is 6.92 Å². The summed E-state index contributed by atoms with van der Waals surface area (Å²) in [5, 5.41) is 5.42. The molecule has 1 saturated heterocycles. The second-order valence-electron chi connectivity index (χ2n) is 6.63. The molecule has 4 nitrogen and oxygen atoms in total. The largest absolute Gasteiger partial charge is 0.298 e. The van der Waals surface area contributed by atoms with Crippen LogP contribution >= 0.6 is 11.6 Å². The highest BCUT2D eigenvalue weighted by molar-refractivity contribution is 6.30. The number of aromatic nitrogens is 3. The lowest BCUT2D eigenvalue weighted by atomic mass is 9.94. The standard InChI is InChI=1S/C19H21ClN4/c1-14-11-19-21-9-8-18(24(19)22-14)16-3-2-10-23(13-16)12-15-4-6-17(20)7-5-15/h4-9,11,16H,2-3,10,12-13H2,1H3. The second kappa shape index (κ2) is 6.54. The average Bonchev–Trinajstić information content (AvgIpc) is 2.97. The smallest absolute Gasteiger partial charge is 0.155 e. The van der Waals surface area contributed by atoms with Crippen LogP contribution in [0.3, 0.4) is 0 Å². The molecular formula is C19H21ClN4. The molecular weight excluding hydrogens is 320 g/mol. The number of piperidine rings is 1. The summed E-state index contributed by atoms with van der Waals surface area (Å²) < 4.78 is 2.02. The monoisotopic (exact) mass is 340 g/mol. The van der Waals surface area contributed by atoms with Gasteiger partial charge in [-0.25, -0.2) is 9.50 Å². The number of fused-ring (bicyclic) bond motifs is 1. The summed E-state index contributed by atoms with van der Waals surface area (Å²) >= 11 is 5.99. The van der Waals surface area contributed by atoms with Gasteiger partial charge in [-0.1, -0.05) is 23.7 Å². The van der Waals surface area contributed by atoms with Gasteiger partial charge in [0.2, 0.25) is 0 Å². The van der Waals surface area contributed by atoms with Gasteiger partial charge in [-0.2, -0.15) is 5.10 Å². The number of halogens is 1. The molecule has 5 heteroatoms. The lowest BCUT2D eigenvalue weighted by Gasteiger charge is -2.33. The van der Waals surface area contributed by atoms with E-state index in [9.17, 15) is 0 Å². The third-order valence-corrected chi connectivity index (χ3v) is 5.00. The third-order valence-electron chi connectivity index (χ3n) is 4.75. The van der Waals surface area contributed by atoms with Gasteiger partial charge in [0, 0.05) is 36.3 Å². The summed E-state index contributed by atoms with van der Waals surface area (Å²) in [6.07, 6.45) is 4.32. The van der Waals surface area contributed by atoms with Crippen molar-refractivity contribution in [2.24, 2.45) is 0 Å². The van der Waals surface area contributed by atoms with E-state index >= 15 is 0 Å². The number of likely N-dealkylation sites (tertiary alicyclic amines) is 1. The fourth-order valence-corrected chi connectivity index (χ4v) is 3.75. The van der Waals surface area contributed by atoms with Crippen LogP contribution in [-0.2, 0) is 6.54 Å². The Morgan fingerprint density at radius 2 is 2.04 bits per heavy atom. The summed E-state index contributed by atoms with van der Waals surface area (Å²) in [4.78, 5) is 6.95. The summed E-state index contributed by atoms with van der Waals surface area (Å²) in [6.45, 7) is 5.19.